The first kappa shape index (κ1) is 8.16. The van der Waals surface area contributed by atoms with Gasteiger partial charge in [-0.3, -0.25) is 4.99 Å². The van der Waals surface area contributed by atoms with Crippen LogP contribution in [-0.4, -0.2) is 17.4 Å². The molecule has 5 heteroatoms. The van der Waals surface area contributed by atoms with Crippen LogP contribution in [0.15, 0.2) is 15.9 Å². The Morgan fingerprint density at radius 3 is 3.18 bits per heavy atom. The van der Waals surface area contributed by atoms with Crippen LogP contribution >= 0.6 is 11.3 Å². The number of aromatic nitrogens is 1. The molecule has 3 N–H and O–H groups in total. The maximum Gasteiger partial charge on any atom is 0.162 e. The molecule has 1 rings (SSSR count). The summed E-state index contributed by atoms with van der Waals surface area (Å²) >= 11 is 1.52. The van der Waals surface area contributed by atoms with Gasteiger partial charge < -0.3 is 5.43 Å². The number of hydrogen-bond donors (Lipinski definition) is 2. The highest BCUT2D eigenvalue weighted by Crippen LogP contribution is 2.00. The fourth-order valence-corrected chi connectivity index (χ4v) is 1.22. The van der Waals surface area contributed by atoms with Gasteiger partial charge in [-0.05, 0) is 6.92 Å². The van der Waals surface area contributed by atoms with Gasteiger partial charge in [-0.2, -0.15) is 0 Å². The fraction of sp³-hybridized carbons (Fsp3) is 0.333. The van der Waals surface area contributed by atoms with Crippen LogP contribution in [0.2, 0.25) is 0 Å². The molecule has 0 fully saturated rings. The zero-order chi connectivity index (χ0) is 8.10. The molecule has 0 aliphatic heterocycles. The maximum absolute atomic E-state index is 5.23. The lowest BCUT2D eigenvalue weighted by Crippen LogP contribution is -2.31. The fourth-order valence-electron chi connectivity index (χ4n) is 0.688. The van der Waals surface area contributed by atoms with Crippen LogP contribution in [0.5, 0.6) is 0 Å². The van der Waals surface area contributed by atoms with Crippen LogP contribution in [0, 0.1) is 0 Å². The molecule has 1 heterocycles. The summed E-state index contributed by atoms with van der Waals surface area (Å²) in [4.78, 5) is 8.16. The summed E-state index contributed by atoms with van der Waals surface area (Å²) in [6, 6.07) is 0. The van der Waals surface area contributed by atoms with Crippen molar-refractivity contribution >= 4 is 17.2 Å². The van der Waals surface area contributed by atoms with E-state index in [1.165, 1.54) is 11.3 Å². The lowest BCUT2D eigenvalue weighted by molar-refractivity contribution is 0.984. The lowest BCUT2D eigenvalue weighted by Gasteiger charge is -1.99. The minimum atomic E-state index is 0.647. The molecule has 1 aromatic rings. The van der Waals surface area contributed by atoms with E-state index in [9.17, 15) is 0 Å². The number of thiazole rings is 1. The summed E-state index contributed by atoms with van der Waals surface area (Å²) in [7, 11) is 0. The van der Waals surface area contributed by atoms with Gasteiger partial charge in [-0.25, -0.2) is 10.8 Å². The highest BCUT2D eigenvalue weighted by Gasteiger charge is 2.00. The van der Waals surface area contributed by atoms with Crippen molar-refractivity contribution in [2.75, 3.05) is 6.54 Å². The van der Waals surface area contributed by atoms with E-state index in [1.54, 1.807) is 5.51 Å². The normalized spacial score (nSPS) is 11.6. The summed E-state index contributed by atoms with van der Waals surface area (Å²) in [5, 5.41) is 1.90. The van der Waals surface area contributed by atoms with Crippen molar-refractivity contribution in [2.45, 2.75) is 6.92 Å². The highest BCUT2D eigenvalue weighted by molar-refractivity contribution is 7.07. The van der Waals surface area contributed by atoms with Crippen molar-refractivity contribution in [1.82, 2.24) is 10.4 Å². The molecule has 11 heavy (non-hydrogen) atoms. The second kappa shape index (κ2) is 4.05. The van der Waals surface area contributed by atoms with E-state index in [-0.39, 0.29) is 0 Å². The third kappa shape index (κ3) is 1.99. The van der Waals surface area contributed by atoms with Gasteiger partial charge in [0.05, 0.1) is 5.51 Å². The topological polar surface area (TPSA) is 63.3 Å². The number of amidine groups is 1. The SMILES string of the molecule is CCN=C(NN)c1cscn1. The number of nitrogens with zero attached hydrogens (tertiary/aromatic N) is 2. The number of aliphatic imine (C=N–C) groups is 1. The van der Waals surface area contributed by atoms with Gasteiger partial charge in [0.15, 0.2) is 5.84 Å². The zero-order valence-electron chi connectivity index (χ0n) is 6.24. The van der Waals surface area contributed by atoms with Crippen molar-refractivity contribution in [1.29, 1.82) is 0 Å². The molecule has 4 nitrogen and oxygen atoms in total. The molecule has 0 spiro atoms. The monoisotopic (exact) mass is 170 g/mol. The predicted octanol–water partition coefficient (Wildman–Crippen LogP) is 0.373. The second-order valence-corrected chi connectivity index (χ2v) is 2.56. The molecule has 0 bridgehead atoms. The van der Waals surface area contributed by atoms with E-state index in [2.05, 4.69) is 15.4 Å². The van der Waals surface area contributed by atoms with E-state index in [4.69, 9.17) is 5.84 Å². The Kier molecular flexibility index (Phi) is 3.00. The van der Waals surface area contributed by atoms with Gasteiger partial charge in [0.2, 0.25) is 0 Å². The van der Waals surface area contributed by atoms with E-state index in [0.717, 1.165) is 5.69 Å². The first-order valence-electron chi connectivity index (χ1n) is 3.28. The first-order valence-corrected chi connectivity index (χ1v) is 4.22. The van der Waals surface area contributed by atoms with Crippen molar-refractivity contribution in [3.8, 4) is 0 Å². The number of hydrogen-bond acceptors (Lipinski definition) is 4. The number of nitrogens with two attached hydrogens (primary N) is 1. The molecule has 0 atom stereocenters. The number of hydrazine groups is 1. The summed E-state index contributed by atoms with van der Waals surface area (Å²) < 4.78 is 0. The van der Waals surface area contributed by atoms with Crippen LogP contribution in [0.1, 0.15) is 12.6 Å². The van der Waals surface area contributed by atoms with Crippen LogP contribution in [-0.2, 0) is 0 Å². The average Bonchev–Trinajstić information content (AvgIpc) is 2.52. The zero-order valence-corrected chi connectivity index (χ0v) is 7.06. The Balaban J connectivity index is 2.79. The van der Waals surface area contributed by atoms with Crippen molar-refractivity contribution < 1.29 is 0 Å². The molecule has 0 aromatic carbocycles. The maximum atomic E-state index is 5.23. The van der Waals surface area contributed by atoms with E-state index in [1.807, 2.05) is 12.3 Å². The molecule has 0 radical (unpaired) electrons. The first-order chi connectivity index (χ1) is 5.38. The van der Waals surface area contributed by atoms with Gasteiger partial charge >= 0.3 is 0 Å². The summed E-state index contributed by atoms with van der Waals surface area (Å²) in [5.41, 5.74) is 5.05. The minimum absolute atomic E-state index is 0.647. The molecular weight excluding hydrogens is 160 g/mol. The summed E-state index contributed by atoms with van der Waals surface area (Å²) in [5.74, 6) is 5.88. The number of nitrogens with one attached hydrogen (secondary N) is 1. The predicted molar refractivity (Wildman–Crippen MR) is 46.5 cm³/mol. The number of rotatable bonds is 2. The Morgan fingerprint density at radius 2 is 2.73 bits per heavy atom. The smallest absolute Gasteiger partial charge is 0.162 e. The van der Waals surface area contributed by atoms with E-state index in [0.29, 0.717) is 12.4 Å². The third-order valence-corrected chi connectivity index (χ3v) is 1.71. The van der Waals surface area contributed by atoms with Crippen molar-refractivity contribution in [2.24, 2.45) is 10.8 Å². The minimum Gasteiger partial charge on any atom is -0.307 e. The van der Waals surface area contributed by atoms with Crippen LogP contribution in [0.25, 0.3) is 0 Å². The molecule has 0 unspecified atom stereocenters. The van der Waals surface area contributed by atoms with Crippen LogP contribution in [0.3, 0.4) is 0 Å². The standard InChI is InChI=1S/C6H10N4S/c1-2-8-6(10-7)5-3-11-4-9-5/h3-4H,2,7H2,1H3,(H,8,10). The van der Waals surface area contributed by atoms with Gasteiger partial charge in [-0.15, -0.1) is 11.3 Å². The Hall–Kier alpha value is -0.940. The highest BCUT2D eigenvalue weighted by atomic mass is 32.1. The van der Waals surface area contributed by atoms with Gasteiger partial charge in [0, 0.05) is 11.9 Å². The molecule has 0 aliphatic rings. The second-order valence-electron chi connectivity index (χ2n) is 1.84. The molecule has 0 amide bonds. The van der Waals surface area contributed by atoms with E-state index < -0.39 is 0 Å². The van der Waals surface area contributed by atoms with Crippen LogP contribution < -0.4 is 11.3 Å². The van der Waals surface area contributed by atoms with Gasteiger partial charge in [0.1, 0.15) is 5.69 Å². The molecule has 0 saturated carbocycles. The molecule has 0 aliphatic carbocycles. The Labute approximate surface area is 69.1 Å². The quantitative estimate of drug-likeness (QED) is 0.292. The molecular formula is C6H10N4S. The third-order valence-electron chi connectivity index (χ3n) is 1.13. The molecule has 0 saturated heterocycles. The van der Waals surface area contributed by atoms with Crippen molar-refractivity contribution in [3.05, 3.63) is 16.6 Å². The summed E-state index contributed by atoms with van der Waals surface area (Å²) in [6.07, 6.45) is 0. The van der Waals surface area contributed by atoms with E-state index >= 15 is 0 Å². The van der Waals surface area contributed by atoms with Gasteiger partial charge in [-0.1, -0.05) is 0 Å². The molecule has 1 aromatic heterocycles. The van der Waals surface area contributed by atoms with Gasteiger partial charge in [0.25, 0.3) is 0 Å². The Bertz CT molecular complexity index is 229. The summed E-state index contributed by atoms with van der Waals surface area (Å²) in [6.45, 7) is 2.65. The van der Waals surface area contributed by atoms with Crippen LogP contribution in [0.4, 0.5) is 0 Å². The van der Waals surface area contributed by atoms with Crippen molar-refractivity contribution in [3.63, 3.8) is 0 Å². The Morgan fingerprint density at radius 1 is 1.91 bits per heavy atom. The average molecular weight is 170 g/mol. The molecule has 60 valence electrons. The lowest BCUT2D eigenvalue weighted by atomic mass is 10.4. The largest absolute Gasteiger partial charge is 0.307 e.